The number of benzene rings is 3. The summed E-state index contributed by atoms with van der Waals surface area (Å²) in [6, 6.07) is 16.3. The molecule has 3 aromatic carbocycles. The van der Waals surface area contributed by atoms with E-state index in [4.69, 9.17) is 5.41 Å². The first-order chi connectivity index (χ1) is 22.4. The Morgan fingerprint density at radius 1 is 1.06 bits per heavy atom. The van der Waals surface area contributed by atoms with Crippen LogP contribution in [0.15, 0.2) is 66.8 Å². The third kappa shape index (κ3) is 15.5. The number of hydrogen-bond acceptors (Lipinski definition) is 4. The van der Waals surface area contributed by atoms with Crippen molar-refractivity contribution in [3.63, 3.8) is 0 Å². The molecule has 3 N–H and O–H groups in total. The SMILES string of the molecule is C=[C-]/C(=C/C)C(C)=O.CC.CC.CC(C)=N.CCc1cc(-c2cccc(-c3ccc[c-]c3O)c2F)cc(F)c1CN[C@@H]1CCC[C@@H]1C.[K+]. The Labute approximate surface area is 332 Å². The Morgan fingerprint density at radius 2 is 1.65 bits per heavy atom. The van der Waals surface area contributed by atoms with E-state index >= 15 is 8.78 Å². The molecule has 258 valence electrons. The van der Waals surface area contributed by atoms with Crippen LogP contribution in [0.2, 0.25) is 0 Å². The second-order valence-electron chi connectivity index (χ2n) is 10.9. The summed E-state index contributed by atoms with van der Waals surface area (Å²) in [4.78, 5) is 10.4. The van der Waals surface area contributed by atoms with E-state index in [2.05, 4.69) is 31.0 Å². The van der Waals surface area contributed by atoms with Gasteiger partial charge in [0, 0.05) is 41.0 Å². The van der Waals surface area contributed by atoms with Gasteiger partial charge in [-0.2, -0.15) is 42.5 Å². The third-order valence-corrected chi connectivity index (χ3v) is 7.36. The first kappa shape index (κ1) is 47.9. The molecule has 0 radical (unpaired) electrons. The fourth-order valence-electron chi connectivity index (χ4n) is 5.08. The van der Waals surface area contributed by atoms with Crippen molar-refractivity contribution in [1.29, 1.82) is 5.41 Å². The third-order valence-electron chi connectivity index (χ3n) is 7.36. The summed E-state index contributed by atoms with van der Waals surface area (Å²) in [5, 5.41) is 20.1. The fraction of sp³-hybridized carbons (Fsp3) is 0.415. The van der Waals surface area contributed by atoms with Crippen LogP contribution in [0.1, 0.15) is 99.6 Å². The second-order valence-corrected chi connectivity index (χ2v) is 10.9. The molecule has 2 atom stereocenters. The topological polar surface area (TPSA) is 73.2 Å². The molecule has 4 nitrogen and oxygen atoms in total. The van der Waals surface area contributed by atoms with Crippen molar-refractivity contribution in [2.75, 3.05) is 0 Å². The molecule has 0 aromatic heterocycles. The van der Waals surface area contributed by atoms with Crippen LogP contribution < -0.4 is 56.7 Å². The van der Waals surface area contributed by atoms with Gasteiger partial charge in [0.25, 0.3) is 0 Å². The normalized spacial score (nSPS) is 14.5. The zero-order valence-corrected chi connectivity index (χ0v) is 34.3. The molecule has 7 heteroatoms. The van der Waals surface area contributed by atoms with Crippen LogP contribution in [0.3, 0.4) is 0 Å². The number of ketones is 1. The van der Waals surface area contributed by atoms with Gasteiger partial charge in [0.2, 0.25) is 0 Å². The number of aryl methyl sites for hydroxylation is 1. The van der Waals surface area contributed by atoms with Gasteiger partial charge in [0.1, 0.15) is 11.6 Å². The predicted octanol–water partition coefficient (Wildman–Crippen LogP) is 8.26. The van der Waals surface area contributed by atoms with Crippen molar-refractivity contribution in [3.05, 3.63) is 102 Å². The van der Waals surface area contributed by atoms with Gasteiger partial charge in [-0.1, -0.05) is 84.7 Å². The second kappa shape index (κ2) is 26.6. The zero-order chi connectivity index (χ0) is 36.1. The number of halogens is 2. The van der Waals surface area contributed by atoms with E-state index in [1.165, 1.54) is 25.8 Å². The maximum atomic E-state index is 15.4. The smallest absolute Gasteiger partial charge is 0.533 e. The standard InChI is InChI=1S/C27H28F2NO.C7H9O.C3H7N.2C2H6.K/c1-3-18-14-19(15-24(28)23(18)16-30-25-12-6-8-17(25)2)20-10-7-11-22(27(20)29)21-9-4-5-13-26(21)31;1-4-7(5-2)6(3)8;1-3(2)4;2*1-2;/h4-5,7,9-11,14-15,17,25,30-31H,3,6,8,12,16H2,1-2H3;5H,1H2,2-3H3;4H,1-2H3;2*1-2H3;/q2*-1;;;;+1/b;7-5-;;;;/t17-,25+;;;;;/m0...../s1. The van der Waals surface area contributed by atoms with Crippen LogP contribution in [0.4, 0.5) is 8.78 Å². The van der Waals surface area contributed by atoms with Crippen LogP contribution in [-0.2, 0) is 17.8 Å². The molecule has 0 aliphatic heterocycles. The summed E-state index contributed by atoms with van der Waals surface area (Å²) in [6.45, 7) is 22.8. The number of nitrogens with one attached hydrogen (secondary N) is 2. The first-order valence-electron chi connectivity index (χ1n) is 16.7. The van der Waals surface area contributed by atoms with Gasteiger partial charge in [0.15, 0.2) is 0 Å². The summed E-state index contributed by atoms with van der Waals surface area (Å²) in [5.74, 6) is -0.280. The van der Waals surface area contributed by atoms with Crippen LogP contribution in [0.5, 0.6) is 5.75 Å². The Hall–Kier alpha value is -2.26. The van der Waals surface area contributed by atoms with E-state index in [0.29, 0.717) is 58.5 Å². The number of allylic oxidation sites excluding steroid dienone is 3. The van der Waals surface area contributed by atoms with E-state index in [1.807, 2.05) is 40.7 Å². The molecule has 1 aliphatic carbocycles. The van der Waals surface area contributed by atoms with E-state index in [1.54, 1.807) is 63.2 Å². The Kier molecular flexibility index (Phi) is 26.5. The average Bonchev–Trinajstić information content (AvgIpc) is 3.47. The molecule has 0 heterocycles. The molecule has 1 saturated carbocycles. The molecular formula is C41H56F2KN2O2-. The molecule has 4 rings (SSSR count). The van der Waals surface area contributed by atoms with Crippen LogP contribution in [-0.4, -0.2) is 22.6 Å². The molecule has 0 saturated heterocycles. The summed E-state index contributed by atoms with van der Waals surface area (Å²) < 4.78 is 30.6. The number of carbonyl (C=O) groups is 1. The molecular weight excluding hydrogens is 630 g/mol. The van der Waals surface area contributed by atoms with Crippen molar-refractivity contribution >= 4 is 11.5 Å². The molecule has 3 aromatic rings. The maximum Gasteiger partial charge on any atom is 1.00 e. The molecule has 48 heavy (non-hydrogen) atoms. The number of rotatable bonds is 8. The van der Waals surface area contributed by atoms with Crippen molar-refractivity contribution < 1.29 is 70.1 Å². The molecule has 0 unspecified atom stereocenters. The Morgan fingerprint density at radius 3 is 2.10 bits per heavy atom. The van der Waals surface area contributed by atoms with Crippen molar-refractivity contribution in [1.82, 2.24) is 5.32 Å². The average molecular weight is 686 g/mol. The van der Waals surface area contributed by atoms with Crippen LogP contribution in [0.25, 0.3) is 22.3 Å². The molecule has 0 amide bonds. The largest absolute Gasteiger partial charge is 1.00 e. The van der Waals surface area contributed by atoms with Gasteiger partial charge in [-0.15, -0.1) is 6.07 Å². The van der Waals surface area contributed by atoms with E-state index in [-0.39, 0.29) is 74.3 Å². The fourth-order valence-corrected chi connectivity index (χ4v) is 5.08. The quantitative estimate of drug-likeness (QED) is 0.0735. The maximum absolute atomic E-state index is 15.4. The van der Waals surface area contributed by atoms with Gasteiger partial charge in [-0.05, 0) is 68.7 Å². The summed E-state index contributed by atoms with van der Waals surface area (Å²) >= 11 is 0. The summed E-state index contributed by atoms with van der Waals surface area (Å²) in [5.41, 5.74) is 4.23. The minimum atomic E-state index is -0.482. The monoisotopic (exact) mass is 685 g/mol. The molecule has 1 fully saturated rings. The van der Waals surface area contributed by atoms with Gasteiger partial charge < -0.3 is 20.6 Å². The molecule has 0 spiro atoms. The van der Waals surface area contributed by atoms with Crippen molar-refractivity contribution in [3.8, 4) is 28.0 Å². The summed E-state index contributed by atoms with van der Waals surface area (Å²) in [7, 11) is 0. The van der Waals surface area contributed by atoms with Gasteiger partial charge in [-0.25, -0.2) is 8.78 Å². The van der Waals surface area contributed by atoms with E-state index < -0.39 is 5.82 Å². The van der Waals surface area contributed by atoms with Crippen LogP contribution >= 0.6 is 0 Å². The number of phenols is 1. The van der Waals surface area contributed by atoms with Gasteiger partial charge in [-0.3, -0.25) is 0 Å². The van der Waals surface area contributed by atoms with Crippen molar-refractivity contribution in [2.24, 2.45) is 5.92 Å². The number of carbonyl (C=O) groups excluding carboxylic acids is 1. The van der Waals surface area contributed by atoms with Gasteiger partial charge in [0.05, 0.1) is 0 Å². The Balaban J connectivity index is 0. The van der Waals surface area contributed by atoms with E-state index in [9.17, 15) is 9.90 Å². The first-order valence-corrected chi connectivity index (χ1v) is 16.7. The molecule has 1 aliphatic rings. The number of para-hydroxylation sites is 1. The number of aromatic hydroxyl groups is 1. The van der Waals surface area contributed by atoms with Crippen molar-refractivity contribution in [2.45, 2.75) is 108 Å². The van der Waals surface area contributed by atoms with E-state index in [0.717, 1.165) is 12.0 Å². The minimum absolute atomic E-state index is 0. The number of phenolic OH excluding ortho intramolecular Hbond substituents is 1. The zero-order valence-electron chi connectivity index (χ0n) is 31.2. The van der Waals surface area contributed by atoms with Gasteiger partial charge >= 0.3 is 51.4 Å². The number of Topliss-reactive ketones (excluding diaryl/α,β-unsaturated/α-hetero) is 1. The Bertz CT molecular complexity index is 1450. The number of hydrogen-bond donors (Lipinski definition) is 3. The predicted molar refractivity (Wildman–Crippen MR) is 196 cm³/mol. The minimum Gasteiger partial charge on any atom is -0.533 e. The summed E-state index contributed by atoms with van der Waals surface area (Å²) in [6.07, 6.45) is 8.42. The van der Waals surface area contributed by atoms with Crippen LogP contribution in [0, 0.1) is 35.1 Å². The molecule has 0 bridgehead atoms.